The summed E-state index contributed by atoms with van der Waals surface area (Å²) in [6.45, 7) is -0.530. The SMILES string of the molecule is Nc1cccc2c1N(CC(F)(F)F)CC2. The van der Waals surface area contributed by atoms with Crippen LogP contribution >= 0.6 is 0 Å². The molecule has 0 unspecified atom stereocenters. The Kier molecular flexibility index (Phi) is 2.25. The van der Waals surface area contributed by atoms with Crippen LogP contribution in [-0.2, 0) is 6.42 Å². The molecule has 0 aromatic heterocycles. The first kappa shape index (κ1) is 10.1. The molecule has 0 fully saturated rings. The minimum Gasteiger partial charge on any atom is -0.397 e. The Morgan fingerprint density at radius 1 is 1.33 bits per heavy atom. The fraction of sp³-hybridized carbons (Fsp3) is 0.400. The second-order valence-corrected chi connectivity index (χ2v) is 3.64. The van der Waals surface area contributed by atoms with Crippen molar-refractivity contribution in [3.8, 4) is 0 Å². The van der Waals surface area contributed by atoms with Gasteiger partial charge in [0.15, 0.2) is 0 Å². The van der Waals surface area contributed by atoms with E-state index in [9.17, 15) is 13.2 Å². The summed E-state index contributed by atoms with van der Waals surface area (Å²) in [6, 6.07) is 5.22. The third-order valence-corrected chi connectivity index (χ3v) is 2.49. The van der Waals surface area contributed by atoms with Crippen LogP contribution in [0.1, 0.15) is 5.56 Å². The molecule has 2 rings (SSSR count). The average molecular weight is 216 g/mol. The normalized spacial score (nSPS) is 15.5. The maximum absolute atomic E-state index is 12.3. The molecule has 5 heteroatoms. The van der Waals surface area contributed by atoms with Crippen molar-refractivity contribution in [3.05, 3.63) is 23.8 Å². The molecule has 1 aromatic rings. The smallest absolute Gasteiger partial charge is 0.397 e. The fourth-order valence-corrected chi connectivity index (χ4v) is 1.94. The molecule has 0 saturated carbocycles. The first-order valence-electron chi connectivity index (χ1n) is 4.66. The molecule has 82 valence electrons. The Labute approximate surface area is 85.5 Å². The Balaban J connectivity index is 2.28. The van der Waals surface area contributed by atoms with E-state index in [1.807, 2.05) is 6.07 Å². The number of nitrogen functional groups attached to an aromatic ring is 1. The van der Waals surface area contributed by atoms with Gasteiger partial charge in [0.2, 0.25) is 0 Å². The zero-order chi connectivity index (χ0) is 11.1. The van der Waals surface area contributed by atoms with Crippen molar-refractivity contribution in [3.63, 3.8) is 0 Å². The molecule has 0 atom stereocenters. The van der Waals surface area contributed by atoms with Gasteiger partial charge in [-0.1, -0.05) is 12.1 Å². The quantitative estimate of drug-likeness (QED) is 0.729. The van der Waals surface area contributed by atoms with Crippen LogP contribution in [0.4, 0.5) is 24.5 Å². The zero-order valence-corrected chi connectivity index (χ0v) is 8.01. The van der Waals surface area contributed by atoms with Crippen LogP contribution in [0.5, 0.6) is 0 Å². The second-order valence-electron chi connectivity index (χ2n) is 3.64. The molecule has 15 heavy (non-hydrogen) atoms. The van der Waals surface area contributed by atoms with Crippen LogP contribution in [0.25, 0.3) is 0 Å². The van der Waals surface area contributed by atoms with E-state index in [2.05, 4.69) is 0 Å². The molecule has 0 amide bonds. The second kappa shape index (κ2) is 3.32. The summed E-state index contributed by atoms with van der Waals surface area (Å²) in [4.78, 5) is 1.30. The predicted octanol–water partition coefficient (Wildman–Crippen LogP) is 2.19. The highest BCUT2D eigenvalue weighted by atomic mass is 19.4. The summed E-state index contributed by atoms with van der Waals surface area (Å²) < 4.78 is 36.8. The van der Waals surface area contributed by atoms with Gasteiger partial charge in [0.05, 0.1) is 11.4 Å². The summed E-state index contributed by atoms with van der Waals surface area (Å²) >= 11 is 0. The third-order valence-electron chi connectivity index (χ3n) is 2.49. The van der Waals surface area contributed by atoms with E-state index in [4.69, 9.17) is 5.73 Å². The molecule has 0 spiro atoms. The number of halogens is 3. The van der Waals surface area contributed by atoms with E-state index < -0.39 is 12.7 Å². The van der Waals surface area contributed by atoms with Crippen molar-refractivity contribution in [1.82, 2.24) is 0 Å². The van der Waals surface area contributed by atoms with E-state index in [-0.39, 0.29) is 0 Å². The number of hydrogen-bond donors (Lipinski definition) is 1. The van der Waals surface area contributed by atoms with E-state index >= 15 is 0 Å². The van der Waals surface area contributed by atoms with Crippen molar-refractivity contribution in [1.29, 1.82) is 0 Å². The molecular weight excluding hydrogens is 205 g/mol. The number of hydrogen-bond acceptors (Lipinski definition) is 2. The maximum atomic E-state index is 12.3. The number of alkyl halides is 3. The lowest BCUT2D eigenvalue weighted by Crippen LogP contribution is -2.33. The molecule has 1 aliphatic heterocycles. The monoisotopic (exact) mass is 216 g/mol. The van der Waals surface area contributed by atoms with Crippen LogP contribution in [-0.4, -0.2) is 19.3 Å². The van der Waals surface area contributed by atoms with Gasteiger partial charge in [0, 0.05) is 6.54 Å². The Morgan fingerprint density at radius 3 is 2.73 bits per heavy atom. The first-order chi connectivity index (χ1) is 6.97. The molecule has 0 radical (unpaired) electrons. The molecule has 2 N–H and O–H groups in total. The number of para-hydroxylation sites is 1. The Hall–Kier alpha value is -1.39. The molecule has 0 aliphatic carbocycles. The standard InChI is InChI=1S/C10H11F3N2/c11-10(12,13)6-15-5-4-7-2-1-3-8(14)9(7)15/h1-3H,4-6,14H2. The van der Waals surface area contributed by atoms with Gasteiger partial charge < -0.3 is 10.6 Å². The van der Waals surface area contributed by atoms with Crippen LogP contribution in [0, 0.1) is 0 Å². The van der Waals surface area contributed by atoms with E-state index in [1.54, 1.807) is 12.1 Å². The number of anilines is 2. The summed E-state index contributed by atoms with van der Waals surface area (Å²) in [7, 11) is 0. The van der Waals surface area contributed by atoms with Crippen molar-refractivity contribution in [2.24, 2.45) is 0 Å². The number of nitrogens with two attached hydrogens (primary N) is 1. The number of fused-ring (bicyclic) bond motifs is 1. The lowest BCUT2D eigenvalue weighted by molar-refractivity contribution is -0.119. The third kappa shape index (κ3) is 2.00. The fourth-order valence-electron chi connectivity index (χ4n) is 1.94. The summed E-state index contributed by atoms with van der Waals surface area (Å²) in [6.07, 6.45) is -3.54. The van der Waals surface area contributed by atoms with Gasteiger partial charge in [-0.2, -0.15) is 13.2 Å². The van der Waals surface area contributed by atoms with Crippen LogP contribution < -0.4 is 10.6 Å². The van der Waals surface area contributed by atoms with E-state index in [0.29, 0.717) is 24.3 Å². The Morgan fingerprint density at radius 2 is 2.07 bits per heavy atom. The van der Waals surface area contributed by atoms with Gasteiger partial charge in [-0.05, 0) is 18.1 Å². The summed E-state index contributed by atoms with van der Waals surface area (Å²) in [5.41, 5.74) is 7.55. The van der Waals surface area contributed by atoms with Crippen LogP contribution in [0.2, 0.25) is 0 Å². The molecule has 0 bridgehead atoms. The van der Waals surface area contributed by atoms with Gasteiger partial charge in [0.25, 0.3) is 0 Å². The van der Waals surface area contributed by atoms with Crippen LogP contribution in [0.3, 0.4) is 0 Å². The van der Waals surface area contributed by atoms with Gasteiger partial charge in [-0.15, -0.1) is 0 Å². The molecular formula is C10H11F3N2. The molecule has 1 heterocycles. The van der Waals surface area contributed by atoms with Crippen molar-refractivity contribution < 1.29 is 13.2 Å². The van der Waals surface area contributed by atoms with Gasteiger partial charge in [-0.3, -0.25) is 0 Å². The number of rotatable bonds is 1. The average Bonchev–Trinajstić information content (AvgIpc) is 2.47. The lowest BCUT2D eigenvalue weighted by Gasteiger charge is -2.22. The first-order valence-corrected chi connectivity index (χ1v) is 4.66. The molecule has 1 aliphatic rings. The van der Waals surface area contributed by atoms with Gasteiger partial charge in [-0.25, -0.2) is 0 Å². The maximum Gasteiger partial charge on any atom is 0.405 e. The lowest BCUT2D eigenvalue weighted by atomic mass is 10.1. The summed E-state index contributed by atoms with van der Waals surface area (Å²) in [5.74, 6) is 0. The minimum atomic E-state index is -4.18. The van der Waals surface area contributed by atoms with Crippen LogP contribution in [0.15, 0.2) is 18.2 Å². The topological polar surface area (TPSA) is 29.3 Å². The van der Waals surface area contributed by atoms with Crippen molar-refractivity contribution in [2.75, 3.05) is 23.7 Å². The van der Waals surface area contributed by atoms with Crippen molar-refractivity contribution >= 4 is 11.4 Å². The highest BCUT2D eigenvalue weighted by molar-refractivity contribution is 5.74. The zero-order valence-electron chi connectivity index (χ0n) is 8.01. The van der Waals surface area contributed by atoms with E-state index in [1.165, 1.54) is 4.90 Å². The Bertz CT molecular complexity index is 373. The minimum absolute atomic E-state index is 0.392. The molecule has 2 nitrogen and oxygen atoms in total. The highest BCUT2D eigenvalue weighted by Crippen LogP contribution is 2.35. The van der Waals surface area contributed by atoms with E-state index in [0.717, 1.165) is 5.56 Å². The van der Waals surface area contributed by atoms with Gasteiger partial charge in [0.1, 0.15) is 6.54 Å². The summed E-state index contributed by atoms with van der Waals surface area (Å²) in [5, 5.41) is 0. The van der Waals surface area contributed by atoms with Crippen molar-refractivity contribution in [2.45, 2.75) is 12.6 Å². The number of nitrogens with zero attached hydrogens (tertiary/aromatic N) is 1. The largest absolute Gasteiger partial charge is 0.405 e. The predicted molar refractivity (Wildman–Crippen MR) is 52.8 cm³/mol. The van der Waals surface area contributed by atoms with Gasteiger partial charge >= 0.3 is 6.18 Å². The number of benzene rings is 1. The molecule has 1 aromatic carbocycles. The highest BCUT2D eigenvalue weighted by Gasteiger charge is 2.34. The molecule has 0 saturated heterocycles.